The molecule has 1 aromatic carbocycles. The highest BCUT2D eigenvalue weighted by molar-refractivity contribution is 5.82. The lowest BCUT2D eigenvalue weighted by Gasteiger charge is -2.14. The number of carbonyl (C=O) groups is 1. The molecule has 0 saturated heterocycles. The van der Waals surface area contributed by atoms with Crippen molar-refractivity contribution in [2.75, 3.05) is 6.61 Å². The number of fused-ring (bicyclic) bond motifs is 1. The molecule has 16 heavy (non-hydrogen) atoms. The lowest BCUT2D eigenvalue weighted by Crippen LogP contribution is -2.42. The number of carbonyl (C=O) groups excluding carboxylic acids is 1. The highest BCUT2D eigenvalue weighted by Crippen LogP contribution is 2.31. The van der Waals surface area contributed by atoms with Crippen molar-refractivity contribution in [3.05, 3.63) is 29.8 Å². The van der Waals surface area contributed by atoms with Gasteiger partial charge in [0, 0.05) is 5.56 Å². The maximum Gasteiger partial charge on any atom is 0.237 e. The molecule has 0 aromatic heterocycles. The van der Waals surface area contributed by atoms with Crippen LogP contribution in [0.3, 0.4) is 0 Å². The molecule has 1 aromatic rings. The number of amides is 1. The molecule has 0 bridgehead atoms. The number of rotatable bonds is 3. The van der Waals surface area contributed by atoms with Gasteiger partial charge in [-0.3, -0.25) is 4.79 Å². The molecule has 1 aliphatic rings. The van der Waals surface area contributed by atoms with Gasteiger partial charge in [0.25, 0.3) is 0 Å². The van der Waals surface area contributed by atoms with E-state index in [1.54, 1.807) is 0 Å². The Balaban J connectivity index is 2.06. The van der Waals surface area contributed by atoms with Crippen molar-refractivity contribution >= 4 is 5.91 Å². The molecule has 1 unspecified atom stereocenters. The van der Waals surface area contributed by atoms with Crippen molar-refractivity contribution in [2.45, 2.75) is 25.4 Å². The van der Waals surface area contributed by atoms with Crippen molar-refractivity contribution < 1.29 is 9.53 Å². The Hall–Kier alpha value is -1.55. The third-order valence-electron chi connectivity index (χ3n) is 2.79. The standard InChI is InChI=1S/C12H16N2O2/c1-2-9(13)12(15)14-10-7-16-11-6-4-3-5-8(10)11/h3-6,9-10H,2,7,13H2,1H3,(H,14,15)/t9-,10?/m1/s1. The average Bonchev–Trinajstić information content (AvgIpc) is 2.72. The van der Waals surface area contributed by atoms with Crippen LogP contribution in [0.15, 0.2) is 24.3 Å². The van der Waals surface area contributed by atoms with Crippen LogP contribution in [0.1, 0.15) is 24.9 Å². The topological polar surface area (TPSA) is 64.4 Å². The van der Waals surface area contributed by atoms with Crippen LogP contribution < -0.4 is 15.8 Å². The minimum Gasteiger partial charge on any atom is -0.491 e. The molecule has 3 N–H and O–H groups in total. The van der Waals surface area contributed by atoms with E-state index in [-0.39, 0.29) is 11.9 Å². The lowest BCUT2D eigenvalue weighted by molar-refractivity contribution is -0.123. The third kappa shape index (κ3) is 2.02. The van der Waals surface area contributed by atoms with Crippen molar-refractivity contribution in [2.24, 2.45) is 5.73 Å². The highest BCUT2D eigenvalue weighted by atomic mass is 16.5. The first kappa shape index (κ1) is 11.0. The molecule has 0 spiro atoms. The molecule has 2 rings (SSSR count). The second kappa shape index (κ2) is 4.53. The van der Waals surface area contributed by atoms with E-state index < -0.39 is 6.04 Å². The summed E-state index contributed by atoms with van der Waals surface area (Å²) in [5, 5.41) is 2.90. The second-order valence-corrected chi connectivity index (χ2v) is 3.92. The van der Waals surface area contributed by atoms with Gasteiger partial charge in [0.15, 0.2) is 0 Å². The lowest BCUT2D eigenvalue weighted by atomic mass is 10.1. The zero-order chi connectivity index (χ0) is 11.5. The number of benzene rings is 1. The summed E-state index contributed by atoms with van der Waals surface area (Å²) in [6.07, 6.45) is 0.640. The summed E-state index contributed by atoms with van der Waals surface area (Å²) in [4.78, 5) is 11.6. The van der Waals surface area contributed by atoms with E-state index in [2.05, 4.69) is 5.32 Å². The predicted octanol–water partition coefficient (Wildman–Crippen LogP) is 0.974. The summed E-state index contributed by atoms with van der Waals surface area (Å²) in [7, 11) is 0. The van der Waals surface area contributed by atoms with Crippen LogP contribution in [0, 0.1) is 0 Å². The van der Waals surface area contributed by atoms with Gasteiger partial charge in [-0.25, -0.2) is 0 Å². The minimum absolute atomic E-state index is 0.0682. The normalized spacial score (nSPS) is 19.8. The number of hydrogen-bond donors (Lipinski definition) is 2. The van der Waals surface area contributed by atoms with Crippen LogP contribution in [0.4, 0.5) is 0 Å². The van der Waals surface area contributed by atoms with Gasteiger partial charge in [-0.15, -0.1) is 0 Å². The molecule has 0 radical (unpaired) electrons. The van der Waals surface area contributed by atoms with Gasteiger partial charge in [-0.2, -0.15) is 0 Å². The van der Waals surface area contributed by atoms with Crippen molar-refractivity contribution in [3.8, 4) is 5.75 Å². The first-order valence-electron chi connectivity index (χ1n) is 5.50. The molecule has 86 valence electrons. The largest absolute Gasteiger partial charge is 0.491 e. The van der Waals surface area contributed by atoms with Crippen LogP contribution in [-0.4, -0.2) is 18.6 Å². The van der Waals surface area contributed by atoms with Crippen LogP contribution in [0.2, 0.25) is 0 Å². The number of nitrogens with two attached hydrogens (primary N) is 1. The Morgan fingerprint density at radius 1 is 1.62 bits per heavy atom. The Morgan fingerprint density at radius 2 is 2.38 bits per heavy atom. The summed E-state index contributed by atoms with van der Waals surface area (Å²) in [5.74, 6) is 0.727. The van der Waals surface area contributed by atoms with Gasteiger partial charge < -0.3 is 15.8 Å². The molecule has 2 atom stereocenters. The zero-order valence-electron chi connectivity index (χ0n) is 9.27. The monoisotopic (exact) mass is 220 g/mol. The van der Waals surface area contributed by atoms with Crippen molar-refractivity contribution in [3.63, 3.8) is 0 Å². The van der Waals surface area contributed by atoms with Gasteiger partial charge in [-0.1, -0.05) is 25.1 Å². The summed E-state index contributed by atoms with van der Waals surface area (Å²) >= 11 is 0. The molecule has 0 aliphatic carbocycles. The predicted molar refractivity (Wildman–Crippen MR) is 61.1 cm³/mol. The van der Waals surface area contributed by atoms with Gasteiger partial charge in [0.2, 0.25) is 5.91 Å². The molecular formula is C12H16N2O2. The average molecular weight is 220 g/mol. The first-order valence-corrected chi connectivity index (χ1v) is 5.50. The van der Waals surface area contributed by atoms with E-state index in [0.29, 0.717) is 13.0 Å². The van der Waals surface area contributed by atoms with E-state index >= 15 is 0 Å². The van der Waals surface area contributed by atoms with E-state index in [1.807, 2.05) is 31.2 Å². The highest BCUT2D eigenvalue weighted by Gasteiger charge is 2.26. The maximum atomic E-state index is 11.6. The quantitative estimate of drug-likeness (QED) is 0.798. The SMILES string of the molecule is CC[C@@H](N)C(=O)NC1COc2ccccc21. The van der Waals surface area contributed by atoms with E-state index in [0.717, 1.165) is 11.3 Å². The molecule has 4 heteroatoms. The van der Waals surface area contributed by atoms with E-state index in [4.69, 9.17) is 10.5 Å². The number of nitrogens with one attached hydrogen (secondary N) is 1. The van der Waals surface area contributed by atoms with Crippen LogP contribution in [0.5, 0.6) is 5.75 Å². The van der Waals surface area contributed by atoms with Gasteiger partial charge in [0.1, 0.15) is 12.4 Å². The first-order chi connectivity index (χ1) is 7.72. The van der Waals surface area contributed by atoms with E-state index in [9.17, 15) is 4.79 Å². The molecule has 0 saturated carbocycles. The zero-order valence-corrected chi connectivity index (χ0v) is 9.27. The Labute approximate surface area is 94.8 Å². The molecule has 1 heterocycles. The third-order valence-corrected chi connectivity index (χ3v) is 2.79. The van der Waals surface area contributed by atoms with Crippen molar-refractivity contribution in [1.29, 1.82) is 0 Å². The molecule has 0 fully saturated rings. The molecule has 4 nitrogen and oxygen atoms in total. The summed E-state index contributed by atoms with van der Waals surface area (Å²) in [6.45, 7) is 2.38. The van der Waals surface area contributed by atoms with Crippen LogP contribution >= 0.6 is 0 Å². The van der Waals surface area contributed by atoms with Gasteiger partial charge >= 0.3 is 0 Å². The number of hydrogen-bond acceptors (Lipinski definition) is 3. The van der Waals surface area contributed by atoms with Gasteiger partial charge in [0.05, 0.1) is 12.1 Å². The Morgan fingerprint density at radius 3 is 3.12 bits per heavy atom. The van der Waals surface area contributed by atoms with Crippen LogP contribution in [-0.2, 0) is 4.79 Å². The summed E-state index contributed by atoms with van der Waals surface area (Å²) < 4.78 is 5.47. The fraction of sp³-hybridized carbons (Fsp3) is 0.417. The van der Waals surface area contributed by atoms with Crippen molar-refractivity contribution in [1.82, 2.24) is 5.32 Å². The smallest absolute Gasteiger partial charge is 0.237 e. The number of ether oxygens (including phenoxy) is 1. The molecular weight excluding hydrogens is 204 g/mol. The molecule has 1 aliphatic heterocycles. The van der Waals surface area contributed by atoms with Crippen LogP contribution in [0.25, 0.3) is 0 Å². The Bertz CT molecular complexity index is 392. The summed E-state index contributed by atoms with van der Waals surface area (Å²) in [6, 6.07) is 7.22. The fourth-order valence-electron chi connectivity index (χ4n) is 1.75. The molecule has 1 amide bonds. The Kier molecular flexibility index (Phi) is 3.10. The minimum atomic E-state index is -0.437. The number of para-hydroxylation sites is 1. The van der Waals surface area contributed by atoms with Gasteiger partial charge in [-0.05, 0) is 12.5 Å². The van der Waals surface area contributed by atoms with E-state index in [1.165, 1.54) is 0 Å². The summed E-state index contributed by atoms with van der Waals surface area (Å²) in [5.41, 5.74) is 6.69. The maximum absolute atomic E-state index is 11.6. The second-order valence-electron chi connectivity index (χ2n) is 3.92. The fourth-order valence-corrected chi connectivity index (χ4v) is 1.75.